The molecule has 2 aromatic rings. The summed E-state index contributed by atoms with van der Waals surface area (Å²) in [5, 5.41) is 9.42. The van der Waals surface area contributed by atoms with E-state index in [9.17, 15) is 0 Å². The van der Waals surface area contributed by atoms with Crippen molar-refractivity contribution < 1.29 is 4.74 Å². The van der Waals surface area contributed by atoms with Crippen LogP contribution in [0.25, 0.3) is 0 Å². The van der Waals surface area contributed by atoms with Crippen LogP contribution in [0.15, 0.2) is 29.7 Å². The smallest absolute Gasteiger partial charge is 0.191 e. The molecule has 0 saturated carbocycles. The van der Waals surface area contributed by atoms with Crippen molar-refractivity contribution in [3.63, 3.8) is 0 Å². The van der Waals surface area contributed by atoms with Gasteiger partial charge in [-0.1, -0.05) is 23.4 Å². The van der Waals surface area contributed by atoms with E-state index < -0.39 is 0 Å². The maximum absolute atomic E-state index is 5.97. The Hall–Kier alpha value is -1.20. The first-order valence-electron chi connectivity index (χ1n) is 5.00. The van der Waals surface area contributed by atoms with Gasteiger partial charge < -0.3 is 9.30 Å². The van der Waals surface area contributed by atoms with Crippen LogP contribution in [0.2, 0.25) is 5.02 Å². The molecule has 4 nitrogen and oxygen atoms in total. The number of thioether (sulfide) groups is 1. The number of ether oxygens (including phenoxy) is 1. The van der Waals surface area contributed by atoms with Gasteiger partial charge in [-0.25, -0.2) is 0 Å². The zero-order valence-electron chi connectivity index (χ0n) is 9.55. The predicted molar refractivity (Wildman–Crippen MR) is 68.6 cm³/mol. The zero-order chi connectivity index (χ0) is 12.3. The molecule has 17 heavy (non-hydrogen) atoms. The third-order valence-electron chi connectivity index (χ3n) is 2.27. The van der Waals surface area contributed by atoms with E-state index in [2.05, 4.69) is 10.2 Å². The van der Waals surface area contributed by atoms with E-state index in [0.29, 0.717) is 5.02 Å². The first kappa shape index (κ1) is 12.3. The molecule has 0 aliphatic rings. The van der Waals surface area contributed by atoms with Crippen LogP contribution < -0.4 is 4.74 Å². The van der Waals surface area contributed by atoms with Crippen LogP contribution in [0, 0.1) is 0 Å². The highest BCUT2D eigenvalue weighted by molar-refractivity contribution is 7.98. The van der Waals surface area contributed by atoms with Gasteiger partial charge >= 0.3 is 0 Å². The van der Waals surface area contributed by atoms with Crippen molar-refractivity contribution in [1.82, 2.24) is 14.8 Å². The molecular formula is C11H12ClN3OS. The van der Waals surface area contributed by atoms with Crippen LogP contribution in [-0.4, -0.2) is 21.9 Å². The summed E-state index contributed by atoms with van der Waals surface area (Å²) in [6.45, 7) is 0. The largest absolute Gasteiger partial charge is 0.496 e. The second-order valence-electron chi connectivity index (χ2n) is 3.47. The number of aryl methyl sites for hydroxylation is 1. The fourth-order valence-electron chi connectivity index (χ4n) is 1.41. The minimum Gasteiger partial charge on any atom is -0.496 e. The van der Waals surface area contributed by atoms with Gasteiger partial charge in [-0.3, -0.25) is 0 Å². The first-order valence-corrected chi connectivity index (χ1v) is 6.36. The maximum atomic E-state index is 5.97. The van der Waals surface area contributed by atoms with Crippen molar-refractivity contribution in [1.29, 1.82) is 0 Å². The highest BCUT2D eigenvalue weighted by Crippen LogP contribution is 2.28. The Bertz CT molecular complexity index is 515. The lowest BCUT2D eigenvalue weighted by molar-refractivity contribution is 0.411. The maximum Gasteiger partial charge on any atom is 0.191 e. The molecule has 0 bridgehead atoms. The molecule has 0 fully saturated rings. The zero-order valence-corrected chi connectivity index (χ0v) is 11.1. The van der Waals surface area contributed by atoms with E-state index in [0.717, 1.165) is 22.2 Å². The molecule has 1 heterocycles. The van der Waals surface area contributed by atoms with E-state index in [1.807, 2.05) is 29.8 Å². The number of nitrogens with zero attached hydrogens (tertiary/aromatic N) is 3. The second-order valence-corrected chi connectivity index (χ2v) is 4.85. The monoisotopic (exact) mass is 269 g/mol. The molecule has 1 aromatic heterocycles. The van der Waals surface area contributed by atoms with Crippen LogP contribution in [0.1, 0.15) is 5.56 Å². The number of halogens is 1. The highest BCUT2D eigenvalue weighted by Gasteiger charge is 2.07. The van der Waals surface area contributed by atoms with E-state index in [1.54, 1.807) is 25.2 Å². The van der Waals surface area contributed by atoms with E-state index in [4.69, 9.17) is 16.3 Å². The van der Waals surface area contributed by atoms with Crippen molar-refractivity contribution in [3.05, 3.63) is 35.1 Å². The molecule has 0 atom stereocenters. The molecule has 0 saturated heterocycles. The van der Waals surface area contributed by atoms with Gasteiger partial charge in [0.1, 0.15) is 12.1 Å². The quantitative estimate of drug-likeness (QED) is 0.800. The van der Waals surface area contributed by atoms with Gasteiger partial charge in [0.15, 0.2) is 5.16 Å². The Kier molecular flexibility index (Phi) is 3.91. The van der Waals surface area contributed by atoms with Crippen molar-refractivity contribution in [3.8, 4) is 5.75 Å². The number of benzene rings is 1. The normalized spacial score (nSPS) is 10.5. The fraction of sp³-hybridized carbons (Fsp3) is 0.273. The van der Waals surface area contributed by atoms with E-state index >= 15 is 0 Å². The second kappa shape index (κ2) is 5.42. The van der Waals surface area contributed by atoms with Gasteiger partial charge in [-0.05, 0) is 18.2 Å². The van der Waals surface area contributed by atoms with Crippen LogP contribution in [0.5, 0.6) is 5.75 Å². The average Bonchev–Trinajstić information content (AvgIpc) is 2.72. The van der Waals surface area contributed by atoms with Gasteiger partial charge in [0, 0.05) is 23.4 Å². The number of rotatable bonds is 4. The van der Waals surface area contributed by atoms with Crippen molar-refractivity contribution >= 4 is 23.4 Å². The Morgan fingerprint density at radius 2 is 2.29 bits per heavy atom. The van der Waals surface area contributed by atoms with Gasteiger partial charge in [-0.15, -0.1) is 10.2 Å². The van der Waals surface area contributed by atoms with E-state index in [1.165, 1.54) is 0 Å². The SMILES string of the molecule is COc1ccc(Cl)cc1CSc1nncn1C. The lowest BCUT2D eigenvalue weighted by atomic mass is 10.2. The molecule has 6 heteroatoms. The molecular weight excluding hydrogens is 258 g/mol. The minimum absolute atomic E-state index is 0.708. The molecule has 0 aliphatic carbocycles. The summed E-state index contributed by atoms with van der Waals surface area (Å²) in [5.41, 5.74) is 1.05. The minimum atomic E-state index is 0.708. The molecule has 2 rings (SSSR count). The van der Waals surface area contributed by atoms with Gasteiger partial charge in [0.2, 0.25) is 0 Å². The summed E-state index contributed by atoms with van der Waals surface area (Å²) in [4.78, 5) is 0. The Morgan fingerprint density at radius 3 is 2.94 bits per heavy atom. The van der Waals surface area contributed by atoms with Crippen molar-refractivity contribution in [2.45, 2.75) is 10.9 Å². The highest BCUT2D eigenvalue weighted by atomic mass is 35.5. The molecule has 90 valence electrons. The molecule has 1 aromatic carbocycles. The van der Waals surface area contributed by atoms with Crippen LogP contribution >= 0.6 is 23.4 Å². The average molecular weight is 270 g/mol. The summed E-state index contributed by atoms with van der Waals surface area (Å²) >= 11 is 7.56. The Morgan fingerprint density at radius 1 is 1.47 bits per heavy atom. The summed E-state index contributed by atoms with van der Waals surface area (Å²) in [5.74, 6) is 1.58. The summed E-state index contributed by atoms with van der Waals surface area (Å²) in [7, 11) is 3.57. The first-order chi connectivity index (χ1) is 8.20. The van der Waals surface area contributed by atoms with Crippen LogP contribution in [0.3, 0.4) is 0 Å². The molecule has 0 aliphatic heterocycles. The molecule has 0 spiro atoms. The number of hydrogen-bond donors (Lipinski definition) is 0. The third kappa shape index (κ3) is 2.92. The topological polar surface area (TPSA) is 39.9 Å². The summed E-state index contributed by atoms with van der Waals surface area (Å²) < 4.78 is 7.16. The molecule has 0 N–H and O–H groups in total. The summed E-state index contributed by atoms with van der Waals surface area (Å²) in [6, 6.07) is 5.59. The Labute approximate surface area is 109 Å². The molecule has 0 unspecified atom stereocenters. The van der Waals surface area contributed by atoms with Gasteiger partial charge in [0.05, 0.1) is 7.11 Å². The summed E-state index contributed by atoms with van der Waals surface area (Å²) in [6.07, 6.45) is 1.68. The lowest BCUT2D eigenvalue weighted by Crippen LogP contribution is -1.93. The van der Waals surface area contributed by atoms with Gasteiger partial charge in [0.25, 0.3) is 0 Å². The Balaban J connectivity index is 2.13. The van der Waals surface area contributed by atoms with Crippen molar-refractivity contribution in [2.24, 2.45) is 7.05 Å². The number of methoxy groups -OCH3 is 1. The van der Waals surface area contributed by atoms with Crippen LogP contribution in [0.4, 0.5) is 0 Å². The predicted octanol–water partition coefficient (Wildman–Crippen LogP) is 2.77. The van der Waals surface area contributed by atoms with E-state index in [-0.39, 0.29) is 0 Å². The lowest BCUT2D eigenvalue weighted by Gasteiger charge is -2.08. The molecule has 0 radical (unpaired) electrons. The number of hydrogen-bond acceptors (Lipinski definition) is 4. The number of aromatic nitrogens is 3. The van der Waals surface area contributed by atoms with Gasteiger partial charge in [-0.2, -0.15) is 0 Å². The van der Waals surface area contributed by atoms with Crippen LogP contribution in [-0.2, 0) is 12.8 Å². The third-order valence-corrected chi connectivity index (χ3v) is 3.59. The molecule has 0 amide bonds. The van der Waals surface area contributed by atoms with Crippen molar-refractivity contribution in [2.75, 3.05) is 7.11 Å². The standard InChI is InChI=1S/C11H12ClN3OS/c1-15-7-13-14-11(15)17-6-8-5-9(12)3-4-10(8)16-2/h3-5,7H,6H2,1-2H3. The fourth-order valence-corrected chi connectivity index (χ4v) is 2.47.